The number of nitrogens with one attached hydrogen (secondary N) is 1. The summed E-state index contributed by atoms with van der Waals surface area (Å²) < 4.78 is 33.1. The first-order valence-electron chi connectivity index (χ1n) is 7.22. The highest BCUT2D eigenvalue weighted by molar-refractivity contribution is 7.90. The second kappa shape index (κ2) is 7.09. The molecule has 1 heterocycles. The Morgan fingerprint density at radius 1 is 1.43 bits per heavy atom. The van der Waals surface area contributed by atoms with Crippen LogP contribution in [-0.4, -0.2) is 32.9 Å². The van der Waals surface area contributed by atoms with E-state index in [4.69, 9.17) is 16.3 Å². The van der Waals surface area contributed by atoms with Gasteiger partial charge >= 0.3 is 0 Å². The summed E-state index contributed by atoms with van der Waals surface area (Å²) in [6.45, 7) is 4.64. The van der Waals surface area contributed by atoms with E-state index < -0.39 is 15.3 Å². The first-order chi connectivity index (χ1) is 9.88. The lowest BCUT2D eigenvalue weighted by atomic mass is 9.94. The summed E-state index contributed by atoms with van der Waals surface area (Å²) in [7, 11) is -3.32. The molecule has 0 aliphatic carbocycles. The fourth-order valence-corrected chi connectivity index (χ4v) is 4.89. The molecule has 118 valence electrons. The number of hydrogen-bond acceptors (Lipinski definition) is 3. The van der Waals surface area contributed by atoms with Crippen LogP contribution in [0.15, 0.2) is 24.3 Å². The second-order valence-electron chi connectivity index (χ2n) is 5.81. The Labute approximate surface area is 131 Å². The molecule has 6 heteroatoms. The van der Waals surface area contributed by atoms with Crippen molar-refractivity contribution in [3.8, 4) is 0 Å². The van der Waals surface area contributed by atoms with Gasteiger partial charge in [0.25, 0.3) is 0 Å². The number of benzene rings is 1. The molecule has 2 rings (SSSR count). The Morgan fingerprint density at radius 3 is 2.86 bits per heavy atom. The summed E-state index contributed by atoms with van der Waals surface area (Å²) >= 11 is 6.00. The number of halogens is 1. The highest BCUT2D eigenvalue weighted by atomic mass is 35.5. The van der Waals surface area contributed by atoms with Crippen molar-refractivity contribution in [1.29, 1.82) is 0 Å². The molecule has 0 unspecified atom stereocenters. The van der Waals surface area contributed by atoms with Crippen molar-refractivity contribution in [1.82, 2.24) is 4.72 Å². The summed E-state index contributed by atoms with van der Waals surface area (Å²) in [4.78, 5) is 0. The van der Waals surface area contributed by atoms with Crippen molar-refractivity contribution in [2.75, 3.05) is 13.2 Å². The number of ether oxygens (including phenoxy) is 1. The van der Waals surface area contributed by atoms with Crippen molar-refractivity contribution in [2.24, 2.45) is 5.92 Å². The Hall–Kier alpha value is -0.620. The van der Waals surface area contributed by atoms with Gasteiger partial charge < -0.3 is 4.74 Å². The fraction of sp³-hybridized carbons (Fsp3) is 0.600. The summed E-state index contributed by atoms with van der Waals surface area (Å²) in [6, 6.07) is 7.47. The van der Waals surface area contributed by atoms with Crippen molar-refractivity contribution >= 4 is 21.6 Å². The van der Waals surface area contributed by atoms with Crippen LogP contribution in [-0.2, 0) is 21.2 Å². The van der Waals surface area contributed by atoms with Crippen molar-refractivity contribution in [3.63, 3.8) is 0 Å². The molecule has 1 aromatic carbocycles. The number of rotatable bonds is 5. The van der Waals surface area contributed by atoms with Gasteiger partial charge in [-0.2, -0.15) is 0 Å². The van der Waals surface area contributed by atoms with Crippen molar-refractivity contribution < 1.29 is 13.2 Å². The van der Waals surface area contributed by atoms with Crippen LogP contribution < -0.4 is 4.72 Å². The first-order valence-corrected chi connectivity index (χ1v) is 9.14. The molecule has 0 radical (unpaired) electrons. The van der Waals surface area contributed by atoms with E-state index in [9.17, 15) is 8.42 Å². The van der Waals surface area contributed by atoms with Gasteiger partial charge in [-0.15, -0.1) is 0 Å². The molecule has 1 aliphatic rings. The van der Waals surface area contributed by atoms with E-state index in [1.807, 2.05) is 38.1 Å². The molecule has 0 amide bonds. The molecule has 1 aliphatic heterocycles. The van der Waals surface area contributed by atoms with E-state index in [-0.39, 0.29) is 12.0 Å². The third-order valence-electron chi connectivity index (χ3n) is 3.59. The largest absolute Gasteiger partial charge is 0.381 e. The van der Waals surface area contributed by atoms with Gasteiger partial charge in [0.2, 0.25) is 10.0 Å². The monoisotopic (exact) mass is 331 g/mol. The third kappa shape index (κ3) is 4.68. The zero-order valence-corrected chi connectivity index (χ0v) is 14.0. The Balaban J connectivity index is 2.16. The van der Waals surface area contributed by atoms with Gasteiger partial charge in [-0.05, 0) is 44.4 Å². The molecule has 1 fully saturated rings. The number of hydrogen-bond donors (Lipinski definition) is 1. The van der Waals surface area contributed by atoms with Gasteiger partial charge in [0.1, 0.15) is 0 Å². The highest BCUT2D eigenvalue weighted by Gasteiger charge is 2.36. The third-order valence-corrected chi connectivity index (χ3v) is 6.04. The molecule has 4 nitrogen and oxygen atoms in total. The molecule has 0 spiro atoms. The molecule has 1 aromatic rings. The standard InChI is InChI=1S/C15H22ClNO3S/c1-11(2)17-21(18,19)15-6-7-20-10-13(15)8-12-4-3-5-14(16)9-12/h3-5,9,11,13,15,17H,6-8,10H2,1-2H3/t13-,15+/m0/s1. The summed E-state index contributed by atoms with van der Waals surface area (Å²) in [5.41, 5.74) is 1.04. The molecule has 2 atom stereocenters. The lowest BCUT2D eigenvalue weighted by Gasteiger charge is -2.32. The van der Waals surface area contributed by atoms with Crippen LogP contribution in [0.25, 0.3) is 0 Å². The summed E-state index contributed by atoms with van der Waals surface area (Å²) in [5, 5.41) is 0.261. The zero-order valence-electron chi connectivity index (χ0n) is 12.4. The second-order valence-corrected chi connectivity index (χ2v) is 8.18. The predicted molar refractivity (Wildman–Crippen MR) is 85.1 cm³/mol. The van der Waals surface area contributed by atoms with Gasteiger partial charge in [0, 0.05) is 23.6 Å². The smallest absolute Gasteiger partial charge is 0.215 e. The summed E-state index contributed by atoms with van der Waals surface area (Å²) in [6.07, 6.45) is 1.19. The molecular weight excluding hydrogens is 310 g/mol. The predicted octanol–water partition coefficient (Wildman–Crippen LogP) is 2.62. The van der Waals surface area contributed by atoms with Crippen LogP contribution in [0.2, 0.25) is 5.02 Å². The molecule has 0 bridgehead atoms. The van der Waals surface area contributed by atoms with Crippen LogP contribution in [0.5, 0.6) is 0 Å². The van der Waals surface area contributed by atoms with Gasteiger partial charge in [-0.25, -0.2) is 13.1 Å². The average molecular weight is 332 g/mol. The van der Waals surface area contributed by atoms with Crippen LogP contribution in [0, 0.1) is 5.92 Å². The normalized spacial score (nSPS) is 23.4. The van der Waals surface area contributed by atoms with E-state index in [1.165, 1.54) is 0 Å². The molecule has 1 saturated heterocycles. The van der Waals surface area contributed by atoms with Crippen molar-refractivity contribution in [2.45, 2.75) is 38.0 Å². The van der Waals surface area contributed by atoms with Crippen LogP contribution in [0.4, 0.5) is 0 Å². The van der Waals surface area contributed by atoms with Gasteiger partial charge in [0.15, 0.2) is 0 Å². The average Bonchev–Trinajstić information content (AvgIpc) is 2.37. The van der Waals surface area contributed by atoms with Gasteiger partial charge in [0.05, 0.1) is 11.9 Å². The Bertz CT molecular complexity index is 574. The van der Waals surface area contributed by atoms with E-state index >= 15 is 0 Å². The van der Waals surface area contributed by atoms with E-state index in [0.29, 0.717) is 31.1 Å². The lowest BCUT2D eigenvalue weighted by molar-refractivity contribution is 0.0569. The SMILES string of the molecule is CC(C)NS(=O)(=O)[C@@H]1CCOC[C@@H]1Cc1cccc(Cl)c1. The minimum Gasteiger partial charge on any atom is -0.381 e. The highest BCUT2D eigenvalue weighted by Crippen LogP contribution is 2.26. The quantitative estimate of drug-likeness (QED) is 0.902. The van der Waals surface area contributed by atoms with E-state index in [2.05, 4.69) is 4.72 Å². The van der Waals surface area contributed by atoms with Crippen molar-refractivity contribution in [3.05, 3.63) is 34.9 Å². The van der Waals surface area contributed by atoms with E-state index in [1.54, 1.807) is 0 Å². The maximum atomic E-state index is 12.5. The lowest BCUT2D eigenvalue weighted by Crippen LogP contribution is -2.46. The number of sulfonamides is 1. The zero-order chi connectivity index (χ0) is 15.5. The van der Waals surface area contributed by atoms with E-state index in [0.717, 1.165) is 5.56 Å². The molecular formula is C15H22ClNO3S. The Morgan fingerprint density at radius 2 is 2.19 bits per heavy atom. The van der Waals surface area contributed by atoms with Gasteiger partial charge in [-0.1, -0.05) is 23.7 Å². The van der Waals surface area contributed by atoms with Gasteiger partial charge in [-0.3, -0.25) is 0 Å². The minimum absolute atomic E-state index is 0.0477. The van der Waals surface area contributed by atoms with Crippen LogP contribution in [0.3, 0.4) is 0 Å². The fourth-order valence-electron chi connectivity index (χ4n) is 2.76. The molecule has 0 aromatic heterocycles. The first kappa shape index (κ1) is 16.7. The molecule has 1 N–H and O–H groups in total. The molecule has 0 saturated carbocycles. The Kier molecular flexibility index (Phi) is 5.66. The minimum atomic E-state index is -3.32. The molecule has 21 heavy (non-hydrogen) atoms. The topological polar surface area (TPSA) is 55.4 Å². The van der Waals surface area contributed by atoms with Crippen LogP contribution >= 0.6 is 11.6 Å². The van der Waals surface area contributed by atoms with Crippen LogP contribution in [0.1, 0.15) is 25.8 Å². The maximum Gasteiger partial charge on any atom is 0.215 e. The summed E-state index contributed by atoms with van der Waals surface area (Å²) in [5.74, 6) is -0.0477. The maximum absolute atomic E-state index is 12.5.